The maximum atomic E-state index is 12.9. The second-order valence-electron chi connectivity index (χ2n) is 4.18. The van der Waals surface area contributed by atoms with E-state index in [0.717, 1.165) is 5.56 Å². The van der Waals surface area contributed by atoms with Crippen molar-refractivity contribution in [1.29, 1.82) is 0 Å². The summed E-state index contributed by atoms with van der Waals surface area (Å²) in [5.41, 5.74) is 1.39. The van der Waals surface area contributed by atoms with Gasteiger partial charge in [-0.1, -0.05) is 0 Å². The molecule has 1 aromatic carbocycles. The number of nitrogens with one attached hydrogen (secondary N) is 1. The van der Waals surface area contributed by atoms with Gasteiger partial charge in [-0.05, 0) is 42.8 Å². The SMILES string of the molecule is Cc1cc(F)ccc1NC(=O)CCn1cccc1. The number of benzene rings is 1. The van der Waals surface area contributed by atoms with Crippen LogP contribution >= 0.6 is 0 Å². The summed E-state index contributed by atoms with van der Waals surface area (Å²) in [6.45, 7) is 2.41. The highest BCUT2D eigenvalue weighted by Crippen LogP contribution is 2.15. The molecule has 18 heavy (non-hydrogen) atoms. The van der Waals surface area contributed by atoms with Gasteiger partial charge in [0.25, 0.3) is 0 Å². The molecule has 0 atom stereocenters. The fourth-order valence-electron chi connectivity index (χ4n) is 1.73. The predicted octanol–water partition coefficient (Wildman–Crippen LogP) is 2.96. The smallest absolute Gasteiger partial charge is 0.226 e. The molecule has 0 radical (unpaired) electrons. The van der Waals surface area contributed by atoms with Gasteiger partial charge in [-0.15, -0.1) is 0 Å². The predicted molar refractivity (Wildman–Crippen MR) is 68.8 cm³/mol. The van der Waals surface area contributed by atoms with E-state index < -0.39 is 0 Å². The van der Waals surface area contributed by atoms with Crippen LogP contribution in [0.4, 0.5) is 10.1 Å². The molecule has 94 valence electrons. The van der Waals surface area contributed by atoms with E-state index >= 15 is 0 Å². The lowest BCUT2D eigenvalue weighted by atomic mass is 10.2. The Morgan fingerprint density at radius 3 is 2.72 bits per heavy atom. The third kappa shape index (κ3) is 3.20. The molecule has 4 heteroatoms. The Bertz CT molecular complexity index is 535. The first kappa shape index (κ1) is 12.4. The molecular weight excluding hydrogens is 231 g/mol. The number of aromatic nitrogens is 1. The summed E-state index contributed by atoms with van der Waals surface area (Å²) >= 11 is 0. The van der Waals surface area contributed by atoms with Gasteiger partial charge < -0.3 is 9.88 Å². The molecule has 0 saturated heterocycles. The van der Waals surface area contributed by atoms with Crippen LogP contribution in [0.5, 0.6) is 0 Å². The molecular formula is C14H15FN2O. The van der Waals surface area contributed by atoms with E-state index in [1.165, 1.54) is 12.1 Å². The van der Waals surface area contributed by atoms with Crippen LogP contribution in [0.2, 0.25) is 0 Å². The van der Waals surface area contributed by atoms with E-state index in [4.69, 9.17) is 0 Å². The van der Waals surface area contributed by atoms with Crippen LogP contribution in [-0.4, -0.2) is 10.5 Å². The van der Waals surface area contributed by atoms with Crippen molar-refractivity contribution in [3.05, 3.63) is 54.1 Å². The van der Waals surface area contributed by atoms with Crippen LogP contribution in [-0.2, 0) is 11.3 Å². The van der Waals surface area contributed by atoms with E-state index in [2.05, 4.69) is 5.32 Å². The second kappa shape index (κ2) is 5.49. The maximum absolute atomic E-state index is 12.9. The number of hydrogen-bond acceptors (Lipinski definition) is 1. The first-order valence-corrected chi connectivity index (χ1v) is 5.82. The average Bonchev–Trinajstić information content (AvgIpc) is 2.83. The molecule has 0 bridgehead atoms. The number of hydrogen-bond donors (Lipinski definition) is 1. The molecule has 1 amide bonds. The maximum Gasteiger partial charge on any atom is 0.226 e. The topological polar surface area (TPSA) is 34.0 Å². The summed E-state index contributed by atoms with van der Waals surface area (Å²) in [5.74, 6) is -0.365. The summed E-state index contributed by atoms with van der Waals surface area (Å²) in [4.78, 5) is 11.7. The zero-order valence-electron chi connectivity index (χ0n) is 10.2. The van der Waals surface area contributed by atoms with Crippen LogP contribution in [0.25, 0.3) is 0 Å². The summed E-state index contributed by atoms with van der Waals surface area (Å²) in [5, 5.41) is 2.78. The quantitative estimate of drug-likeness (QED) is 0.884. The summed E-state index contributed by atoms with van der Waals surface area (Å²) in [6.07, 6.45) is 4.22. The highest BCUT2D eigenvalue weighted by Gasteiger charge is 2.05. The van der Waals surface area contributed by atoms with Crippen LogP contribution < -0.4 is 5.32 Å². The van der Waals surface area contributed by atoms with Crippen molar-refractivity contribution < 1.29 is 9.18 Å². The van der Waals surface area contributed by atoms with Gasteiger partial charge in [0.15, 0.2) is 0 Å². The van der Waals surface area contributed by atoms with Gasteiger partial charge in [0, 0.05) is 31.0 Å². The summed E-state index contributed by atoms with van der Waals surface area (Å²) < 4.78 is 14.8. The molecule has 3 nitrogen and oxygen atoms in total. The van der Waals surface area contributed by atoms with E-state index in [9.17, 15) is 9.18 Å². The van der Waals surface area contributed by atoms with Crippen molar-refractivity contribution in [3.8, 4) is 0 Å². The minimum absolute atomic E-state index is 0.0709. The molecule has 2 rings (SSSR count). The van der Waals surface area contributed by atoms with Crippen LogP contribution in [0, 0.1) is 12.7 Å². The first-order valence-electron chi connectivity index (χ1n) is 5.82. The zero-order chi connectivity index (χ0) is 13.0. The van der Waals surface area contributed by atoms with Crippen LogP contribution in [0.3, 0.4) is 0 Å². The van der Waals surface area contributed by atoms with Crippen molar-refractivity contribution in [3.63, 3.8) is 0 Å². The van der Waals surface area contributed by atoms with Crippen LogP contribution in [0.1, 0.15) is 12.0 Å². The first-order chi connectivity index (χ1) is 8.65. The van der Waals surface area contributed by atoms with Crippen molar-refractivity contribution in [1.82, 2.24) is 4.57 Å². The highest BCUT2D eigenvalue weighted by molar-refractivity contribution is 5.91. The van der Waals surface area contributed by atoms with Gasteiger partial charge in [0.1, 0.15) is 5.82 Å². The molecule has 0 aliphatic rings. The average molecular weight is 246 g/mol. The minimum atomic E-state index is -0.294. The number of aryl methyl sites for hydroxylation is 2. The number of carbonyl (C=O) groups is 1. The normalized spacial score (nSPS) is 10.3. The fourth-order valence-corrected chi connectivity index (χ4v) is 1.73. The molecule has 0 saturated carbocycles. The molecule has 0 unspecified atom stereocenters. The molecule has 0 aliphatic carbocycles. The Hall–Kier alpha value is -2.10. The van der Waals surface area contributed by atoms with E-state index in [1.54, 1.807) is 13.0 Å². The Balaban J connectivity index is 1.91. The zero-order valence-corrected chi connectivity index (χ0v) is 10.2. The molecule has 1 N–H and O–H groups in total. The summed E-state index contributed by atoms with van der Waals surface area (Å²) in [7, 11) is 0. The minimum Gasteiger partial charge on any atom is -0.354 e. The van der Waals surface area contributed by atoms with E-state index in [-0.39, 0.29) is 11.7 Å². The van der Waals surface area contributed by atoms with Crippen molar-refractivity contribution in [2.75, 3.05) is 5.32 Å². The van der Waals surface area contributed by atoms with Gasteiger partial charge in [-0.3, -0.25) is 4.79 Å². The molecule has 0 fully saturated rings. The number of halogens is 1. The van der Waals surface area contributed by atoms with Gasteiger partial charge in [-0.25, -0.2) is 4.39 Å². The standard InChI is InChI=1S/C14H15FN2O/c1-11-10-12(15)4-5-13(11)16-14(18)6-9-17-7-2-3-8-17/h2-5,7-8,10H,6,9H2,1H3,(H,16,18). The second-order valence-corrected chi connectivity index (χ2v) is 4.18. The Morgan fingerprint density at radius 2 is 2.06 bits per heavy atom. The van der Waals surface area contributed by atoms with Gasteiger partial charge in [0.2, 0.25) is 5.91 Å². The number of carbonyl (C=O) groups excluding carboxylic acids is 1. The lowest BCUT2D eigenvalue weighted by molar-refractivity contribution is -0.116. The van der Waals surface area contributed by atoms with Gasteiger partial charge >= 0.3 is 0 Å². The highest BCUT2D eigenvalue weighted by atomic mass is 19.1. The van der Waals surface area contributed by atoms with Crippen molar-refractivity contribution >= 4 is 11.6 Å². The Morgan fingerprint density at radius 1 is 1.33 bits per heavy atom. The monoisotopic (exact) mass is 246 g/mol. The molecule has 1 heterocycles. The third-order valence-corrected chi connectivity index (χ3v) is 2.73. The lowest BCUT2D eigenvalue weighted by Gasteiger charge is -2.08. The Labute approximate surface area is 105 Å². The number of rotatable bonds is 4. The molecule has 0 spiro atoms. The van der Waals surface area contributed by atoms with Crippen molar-refractivity contribution in [2.45, 2.75) is 19.9 Å². The summed E-state index contributed by atoms with van der Waals surface area (Å²) in [6, 6.07) is 8.17. The number of nitrogens with zero attached hydrogens (tertiary/aromatic N) is 1. The van der Waals surface area contributed by atoms with Gasteiger partial charge in [-0.2, -0.15) is 0 Å². The number of amides is 1. The fraction of sp³-hybridized carbons (Fsp3) is 0.214. The lowest BCUT2D eigenvalue weighted by Crippen LogP contribution is -2.14. The van der Waals surface area contributed by atoms with E-state index in [0.29, 0.717) is 18.7 Å². The number of anilines is 1. The Kier molecular flexibility index (Phi) is 3.77. The van der Waals surface area contributed by atoms with Crippen molar-refractivity contribution in [2.24, 2.45) is 0 Å². The van der Waals surface area contributed by atoms with Gasteiger partial charge in [0.05, 0.1) is 0 Å². The molecule has 0 aliphatic heterocycles. The largest absolute Gasteiger partial charge is 0.354 e. The van der Waals surface area contributed by atoms with Crippen LogP contribution in [0.15, 0.2) is 42.7 Å². The molecule has 1 aromatic heterocycles. The molecule has 2 aromatic rings. The van der Waals surface area contributed by atoms with E-state index in [1.807, 2.05) is 29.1 Å². The third-order valence-electron chi connectivity index (χ3n) is 2.73.